The number of hydrogen-bond acceptors (Lipinski definition) is 3. The number of piperidine rings is 1. The van der Waals surface area contributed by atoms with Crippen LogP contribution in [0.4, 0.5) is 0 Å². The minimum atomic E-state index is -3.37. The molecule has 0 bridgehead atoms. The van der Waals surface area contributed by atoms with Gasteiger partial charge in [0.05, 0.1) is 4.90 Å². The lowest BCUT2D eigenvalue weighted by molar-refractivity contribution is 0.312. The fraction of sp³-hybridized carbons (Fsp3) is 0.600. The maximum absolute atomic E-state index is 12.7. The molecule has 0 aromatic heterocycles. The molecule has 20 heavy (non-hydrogen) atoms. The summed E-state index contributed by atoms with van der Waals surface area (Å²) in [5, 5.41) is 3.43. The van der Waals surface area contributed by atoms with E-state index in [2.05, 4.69) is 5.32 Å². The van der Waals surface area contributed by atoms with E-state index < -0.39 is 10.0 Å². The Hall–Kier alpha value is -0.910. The normalized spacial score (nSPS) is 20.2. The number of rotatable bonds is 6. The average Bonchev–Trinajstić information content (AvgIpc) is 2.49. The van der Waals surface area contributed by atoms with Gasteiger partial charge in [0.15, 0.2) is 0 Å². The van der Waals surface area contributed by atoms with E-state index in [1.54, 1.807) is 28.6 Å². The predicted molar refractivity (Wildman–Crippen MR) is 81.1 cm³/mol. The minimum absolute atomic E-state index is 0.286. The quantitative estimate of drug-likeness (QED) is 0.876. The third-order valence-corrected chi connectivity index (χ3v) is 5.57. The maximum atomic E-state index is 12.7. The van der Waals surface area contributed by atoms with E-state index in [0.29, 0.717) is 18.0 Å². The van der Waals surface area contributed by atoms with Crippen LogP contribution in [0.5, 0.6) is 0 Å². The van der Waals surface area contributed by atoms with Gasteiger partial charge in [-0.3, -0.25) is 0 Å². The molecular formula is C15H24N2O2S. The first-order valence-electron chi connectivity index (χ1n) is 7.43. The van der Waals surface area contributed by atoms with Crippen LogP contribution in [0.3, 0.4) is 0 Å². The maximum Gasteiger partial charge on any atom is 0.243 e. The second-order valence-electron chi connectivity index (χ2n) is 5.32. The number of sulfonamides is 1. The van der Waals surface area contributed by atoms with Gasteiger partial charge in [0.1, 0.15) is 0 Å². The van der Waals surface area contributed by atoms with Crippen LogP contribution < -0.4 is 5.32 Å². The molecule has 0 spiro atoms. The highest BCUT2D eigenvalue weighted by molar-refractivity contribution is 7.89. The molecule has 0 radical (unpaired) electrons. The van der Waals surface area contributed by atoms with Crippen LogP contribution in [0.1, 0.15) is 32.6 Å². The van der Waals surface area contributed by atoms with Crippen molar-refractivity contribution in [3.8, 4) is 0 Å². The number of hydrogen-bond donors (Lipinski definition) is 1. The average molecular weight is 296 g/mol. The molecule has 1 aromatic carbocycles. The Balaban J connectivity index is 2.14. The van der Waals surface area contributed by atoms with Crippen LogP contribution in [-0.4, -0.2) is 38.4 Å². The van der Waals surface area contributed by atoms with Crippen LogP contribution in [0, 0.1) is 0 Å². The molecule has 112 valence electrons. The highest BCUT2D eigenvalue weighted by Gasteiger charge is 2.26. The monoisotopic (exact) mass is 296 g/mol. The second-order valence-corrected chi connectivity index (χ2v) is 7.26. The topological polar surface area (TPSA) is 49.4 Å². The zero-order chi connectivity index (χ0) is 14.4. The van der Waals surface area contributed by atoms with Gasteiger partial charge in [-0.15, -0.1) is 0 Å². The van der Waals surface area contributed by atoms with Crippen LogP contribution >= 0.6 is 0 Å². The Bertz CT molecular complexity index is 496. The van der Waals surface area contributed by atoms with E-state index in [1.165, 1.54) is 12.8 Å². The fourth-order valence-corrected chi connectivity index (χ4v) is 4.22. The van der Waals surface area contributed by atoms with Gasteiger partial charge in [-0.2, -0.15) is 4.31 Å². The molecular weight excluding hydrogens is 272 g/mol. The summed E-state index contributed by atoms with van der Waals surface area (Å²) >= 11 is 0. The van der Waals surface area contributed by atoms with Gasteiger partial charge in [-0.1, -0.05) is 31.5 Å². The zero-order valence-electron chi connectivity index (χ0n) is 12.1. The molecule has 1 unspecified atom stereocenters. The summed E-state index contributed by atoms with van der Waals surface area (Å²) < 4.78 is 27.0. The lowest BCUT2D eigenvalue weighted by Gasteiger charge is -2.30. The van der Waals surface area contributed by atoms with E-state index in [0.717, 1.165) is 19.4 Å². The number of benzene rings is 1. The summed E-state index contributed by atoms with van der Waals surface area (Å²) in [5.74, 6) is 0. The fourth-order valence-electron chi connectivity index (χ4n) is 2.63. The third kappa shape index (κ3) is 3.81. The van der Waals surface area contributed by atoms with Gasteiger partial charge >= 0.3 is 0 Å². The highest BCUT2D eigenvalue weighted by atomic mass is 32.2. The molecule has 0 saturated carbocycles. The van der Waals surface area contributed by atoms with Crippen LogP contribution in [-0.2, 0) is 10.0 Å². The number of nitrogens with zero attached hydrogens (tertiary/aromatic N) is 1. The lowest BCUT2D eigenvalue weighted by atomic mass is 10.1. The highest BCUT2D eigenvalue weighted by Crippen LogP contribution is 2.18. The van der Waals surface area contributed by atoms with Crippen molar-refractivity contribution in [3.63, 3.8) is 0 Å². The summed E-state index contributed by atoms with van der Waals surface area (Å²) in [6, 6.07) is 9.02. The van der Waals surface area contributed by atoms with Crippen molar-refractivity contribution in [3.05, 3.63) is 30.3 Å². The van der Waals surface area contributed by atoms with Crippen molar-refractivity contribution in [2.45, 2.75) is 43.5 Å². The van der Waals surface area contributed by atoms with Gasteiger partial charge in [0.25, 0.3) is 0 Å². The van der Waals surface area contributed by atoms with Gasteiger partial charge in [-0.05, 0) is 37.9 Å². The smallest absolute Gasteiger partial charge is 0.243 e. The van der Waals surface area contributed by atoms with Crippen molar-refractivity contribution in [1.29, 1.82) is 0 Å². The summed E-state index contributed by atoms with van der Waals surface area (Å²) in [6.45, 7) is 4.16. The van der Waals surface area contributed by atoms with E-state index in [9.17, 15) is 8.42 Å². The molecule has 1 aliphatic heterocycles. The molecule has 5 heteroatoms. The Kier molecular flexibility index (Phi) is 5.57. The Morgan fingerprint density at radius 2 is 2.00 bits per heavy atom. The number of nitrogens with one attached hydrogen (secondary N) is 1. The first-order chi connectivity index (χ1) is 9.64. The molecule has 2 rings (SSSR count). The molecule has 4 nitrogen and oxygen atoms in total. The van der Waals surface area contributed by atoms with E-state index >= 15 is 0 Å². The Morgan fingerprint density at radius 3 is 2.60 bits per heavy atom. The summed E-state index contributed by atoms with van der Waals surface area (Å²) in [7, 11) is -3.37. The SMILES string of the molecule is CCCN(CC1CCCCN1)S(=O)(=O)c1ccccc1. The molecule has 0 aliphatic carbocycles. The summed E-state index contributed by atoms with van der Waals surface area (Å²) in [4.78, 5) is 0.393. The van der Waals surface area contributed by atoms with E-state index in [-0.39, 0.29) is 6.04 Å². The largest absolute Gasteiger partial charge is 0.313 e. The standard InChI is InChI=1S/C15H24N2O2S/c1-2-12-17(13-14-8-6-7-11-16-14)20(18,19)15-9-4-3-5-10-15/h3-5,9-10,14,16H,2,6-8,11-13H2,1H3. The Morgan fingerprint density at radius 1 is 1.25 bits per heavy atom. The van der Waals surface area contributed by atoms with Gasteiger partial charge < -0.3 is 5.32 Å². The molecule has 1 N–H and O–H groups in total. The van der Waals surface area contributed by atoms with Gasteiger partial charge in [-0.25, -0.2) is 8.42 Å². The molecule has 1 fully saturated rings. The third-order valence-electron chi connectivity index (χ3n) is 3.69. The zero-order valence-corrected chi connectivity index (χ0v) is 12.9. The summed E-state index contributed by atoms with van der Waals surface area (Å²) in [6.07, 6.45) is 4.27. The molecule has 1 saturated heterocycles. The molecule has 1 aromatic rings. The first kappa shape index (κ1) is 15.5. The van der Waals surface area contributed by atoms with Crippen molar-refractivity contribution in [1.82, 2.24) is 9.62 Å². The summed E-state index contributed by atoms with van der Waals surface area (Å²) in [5.41, 5.74) is 0. The van der Waals surface area contributed by atoms with Gasteiger partial charge in [0, 0.05) is 19.1 Å². The first-order valence-corrected chi connectivity index (χ1v) is 8.87. The molecule has 1 atom stereocenters. The molecule has 1 aliphatic rings. The van der Waals surface area contributed by atoms with Crippen molar-refractivity contribution < 1.29 is 8.42 Å². The second kappa shape index (κ2) is 7.20. The Labute approximate surface area is 122 Å². The lowest BCUT2D eigenvalue weighted by Crippen LogP contribution is -2.46. The van der Waals surface area contributed by atoms with Crippen molar-refractivity contribution in [2.24, 2.45) is 0 Å². The molecule has 0 amide bonds. The minimum Gasteiger partial charge on any atom is -0.313 e. The van der Waals surface area contributed by atoms with Gasteiger partial charge in [0.2, 0.25) is 10.0 Å². The van der Waals surface area contributed by atoms with Crippen molar-refractivity contribution >= 4 is 10.0 Å². The van der Waals surface area contributed by atoms with E-state index in [4.69, 9.17) is 0 Å². The predicted octanol–water partition coefficient (Wildman–Crippen LogP) is 2.23. The van der Waals surface area contributed by atoms with Crippen LogP contribution in [0.25, 0.3) is 0 Å². The van der Waals surface area contributed by atoms with Crippen molar-refractivity contribution in [2.75, 3.05) is 19.6 Å². The molecule has 1 heterocycles. The van der Waals surface area contributed by atoms with E-state index in [1.807, 2.05) is 13.0 Å². The van der Waals surface area contributed by atoms with Crippen LogP contribution in [0.15, 0.2) is 35.2 Å². The van der Waals surface area contributed by atoms with Crippen LogP contribution in [0.2, 0.25) is 0 Å².